The molecule has 2 rings (SSSR count). The van der Waals surface area contributed by atoms with Crippen molar-refractivity contribution in [1.82, 2.24) is 10.6 Å². The molecular formula is C14H25N3O2. The lowest BCUT2D eigenvalue weighted by Crippen LogP contribution is -2.59. The van der Waals surface area contributed by atoms with E-state index in [1.165, 1.54) is 0 Å². The number of piperidine rings is 1. The first-order valence-corrected chi connectivity index (χ1v) is 7.36. The molecule has 108 valence electrons. The van der Waals surface area contributed by atoms with E-state index in [0.29, 0.717) is 6.42 Å². The summed E-state index contributed by atoms with van der Waals surface area (Å²) in [7, 11) is 0. The van der Waals surface area contributed by atoms with Crippen LogP contribution >= 0.6 is 0 Å². The van der Waals surface area contributed by atoms with Gasteiger partial charge in [0.2, 0.25) is 11.8 Å². The molecule has 2 amide bonds. The average molecular weight is 267 g/mol. The van der Waals surface area contributed by atoms with Crippen LogP contribution in [0.5, 0.6) is 0 Å². The maximum Gasteiger partial charge on any atom is 0.240 e. The summed E-state index contributed by atoms with van der Waals surface area (Å²) < 4.78 is 0. The molecule has 0 radical (unpaired) electrons. The van der Waals surface area contributed by atoms with Gasteiger partial charge in [0, 0.05) is 12.0 Å². The van der Waals surface area contributed by atoms with Gasteiger partial charge in [0.1, 0.15) is 0 Å². The summed E-state index contributed by atoms with van der Waals surface area (Å²) in [6.07, 6.45) is 6.56. The van der Waals surface area contributed by atoms with E-state index in [2.05, 4.69) is 10.6 Å². The Morgan fingerprint density at radius 3 is 2.68 bits per heavy atom. The van der Waals surface area contributed by atoms with E-state index in [0.717, 1.165) is 45.1 Å². The first-order chi connectivity index (χ1) is 9.01. The van der Waals surface area contributed by atoms with Crippen molar-refractivity contribution in [1.29, 1.82) is 0 Å². The fraction of sp³-hybridized carbons (Fsp3) is 0.857. The molecule has 1 aliphatic heterocycles. The quantitative estimate of drug-likeness (QED) is 0.703. The SMILES string of the molecule is CC1(C(=O)NC2CCCC(C(N)=O)C2)CCCCN1. The van der Waals surface area contributed by atoms with Gasteiger partial charge in [-0.05, 0) is 52.0 Å². The van der Waals surface area contributed by atoms with Crippen molar-refractivity contribution in [3.8, 4) is 0 Å². The molecule has 5 nitrogen and oxygen atoms in total. The molecule has 0 aromatic carbocycles. The number of carbonyl (C=O) groups is 2. The second-order valence-corrected chi connectivity index (χ2v) is 6.15. The Kier molecular flexibility index (Phi) is 4.45. The Morgan fingerprint density at radius 2 is 2.05 bits per heavy atom. The van der Waals surface area contributed by atoms with Crippen molar-refractivity contribution in [2.45, 2.75) is 63.5 Å². The first-order valence-electron chi connectivity index (χ1n) is 7.36. The largest absolute Gasteiger partial charge is 0.369 e. The van der Waals surface area contributed by atoms with Gasteiger partial charge in [0.05, 0.1) is 5.54 Å². The summed E-state index contributed by atoms with van der Waals surface area (Å²) >= 11 is 0. The molecule has 1 saturated carbocycles. The third-order valence-corrected chi connectivity index (χ3v) is 4.53. The van der Waals surface area contributed by atoms with E-state index < -0.39 is 5.54 Å². The van der Waals surface area contributed by atoms with Crippen molar-refractivity contribution in [2.75, 3.05) is 6.54 Å². The van der Waals surface area contributed by atoms with Crippen molar-refractivity contribution in [3.05, 3.63) is 0 Å². The molecule has 0 aromatic rings. The molecule has 5 heteroatoms. The number of primary amides is 1. The molecular weight excluding hydrogens is 242 g/mol. The highest BCUT2D eigenvalue weighted by atomic mass is 16.2. The summed E-state index contributed by atoms with van der Waals surface area (Å²) in [6.45, 7) is 2.87. The fourth-order valence-electron chi connectivity index (χ4n) is 3.17. The number of hydrogen-bond acceptors (Lipinski definition) is 3. The monoisotopic (exact) mass is 267 g/mol. The second kappa shape index (κ2) is 5.90. The number of amides is 2. The lowest BCUT2D eigenvalue weighted by atomic mass is 9.84. The Balaban J connectivity index is 1.89. The zero-order chi connectivity index (χ0) is 13.9. The van der Waals surface area contributed by atoms with Crippen molar-refractivity contribution >= 4 is 11.8 Å². The Labute approximate surface area is 114 Å². The van der Waals surface area contributed by atoms with E-state index in [9.17, 15) is 9.59 Å². The maximum atomic E-state index is 12.4. The molecule has 19 heavy (non-hydrogen) atoms. The standard InChI is InChI=1S/C14H25N3O2/c1-14(7-2-3-8-16-14)13(19)17-11-6-4-5-10(9-11)12(15)18/h10-11,16H,2-9H2,1H3,(H2,15,18)(H,17,19). The third-order valence-electron chi connectivity index (χ3n) is 4.53. The number of rotatable bonds is 3. The molecule has 0 aromatic heterocycles. The molecule has 1 aliphatic carbocycles. The summed E-state index contributed by atoms with van der Waals surface area (Å²) in [6, 6.07) is 0.0966. The first kappa shape index (κ1) is 14.3. The Hall–Kier alpha value is -1.10. The minimum Gasteiger partial charge on any atom is -0.369 e. The minimum absolute atomic E-state index is 0.0716. The second-order valence-electron chi connectivity index (χ2n) is 6.15. The summed E-state index contributed by atoms with van der Waals surface area (Å²) in [5.41, 5.74) is 4.92. The molecule has 0 bridgehead atoms. The molecule has 1 heterocycles. The zero-order valence-corrected chi connectivity index (χ0v) is 11.7. The number of carbonyl (C=O) groups excluding carboxylic acids is 2. The zero-order valence-electron chi connectivity index (χ0n) is 11.7. The van der Waals surface area contributed by atoms with Crippen molar-refractivity contribution in [3.63, 3.8) is 0 Å². The predicted molar refractivity (Wildman–Crippen MR) is 73.3 cm³/mol. The van der Waals surface area contributed by atoms with Crippen LogP contribution in [0.1, 0.15) is 51.9 Å². The molecule has 3 atom stereocenters. The van der Waals surface area contributed by atoms with Crippen LogP contribution < -0.4 is 16.4 Å². The van der Waals surface area contributed by atoms with Gasteiger partial charge < -0.3 is 16.4 Å². The maximum absolute atomic E-state index is 12.4. The highest BCUT2D eigenvalue weighted by Crippen LogP contribution is 2.25. The van der Waals surface area contributed by atoms with Crippen LogP contribution in [0, 0.1) is 5.92 Å². The van der Waals surface area contributed by atoms with Crippen LogP contribution in [-0.2, 0) is 9.59 Å². The highest BCUT2D eigenvalue weighted by Gasteiger charge is 2.36. The van der Waals surface area contributed by atoms with Crippen LogP contribution in [0.15, 0.2) is 0 Å². The van der Waals surface area contributed by atoms with Crippen molar-refractivity contribution in [2.24, 2.45) is 11.7 Å². The Morgan fingerprint density at radius 1 is 1.26 bits per heavy atom. The lowest BCUT2D eigenvalue weighted by Gasteiger charge is -2.36. The van der Waals surface area contributed by atoms with E-state index in [-0.39, 0.29) is 23.8 Å². The summed E-state index contributed by atoms with van der Waals surface area (Å²) in [5, 5.41) is 6.42. The summed E-state index contributed by atoms with van der Waals surface area (Å²) in [4.78, 5) is 23.6. The topological polar surface area (TPSA) is 84.2 Å². The van der Waals surface area contributed by atoms with Gasteiger partial charge in [-0.25, -0.2) is 0 Å². The normalized spacial score (nSPS) is 35.6. The van der Waals surface area contributed by atoms with E-state index in [1.54, 1.807) is 0 Å². The van der Waals surface area contributed by atoms with Gasteiger partial charge in [-0.2, -0.15) is 0 Å². The van der Waals surface area contributed by atoms with E-state index in [1.807, 2.05) is 6.92 Å². The van der Waals surface area contributed by atoms with Crippen LogP contribution in [-0.4, -0.2) is 29.9 Å². The van der Waals surface area contributed by atoms with Gasteiger partial charge in [-0.15, -0.1) is 0 Å². The smallest absolute Gasteiger partial charge is 0.240 e. The molecule has 2 aliphatic rings. The molecule has 0 spiro atoms. The lowest BCUT2D eigenvalue weighted by molar-refractivity contribution is -0.130. The molecule has 1 saturated heterocycles. The molecule has 3 unspecified atom stereocenters. The number of hydrogen-bond donors (Lipinski definition) is 3. The summed E-state index contributed by atoms with van der Waals surface area (Å²) in [5.74, 6) is -0.241. The van der Waals surface area contributed by atoms with Gasteiger partial charge in [-0.1, -0.05) is 6.42 Å². The highest BCUT2D eigenvalue weighted by molar-refractivity contribution is 5.86. The van der Waals surface area contributed by atoms with Crippen LogP contribution in [0.3, 0.4) is 0 Å². The molecule has 4 N–H and O–H groups in total. The van der Waals surface area contributed by atoms with E-state index >= 15 is 0 Å². The average Bonchev–Trinajstić information content (AvgIpc) is 2.40. The van der Waals surface area contributed by atoms with E-state index in [4.69, 9.17) is 5.73 Å². The van der Waals surface area contributed by atoms with Crippen LogP contribution in [0.4, 0.5) is 0 Å². The van der Waals surface area contributed by atoms with Crippen molar-refractivity contribution < 1.29 is 9.59 Å². The third kappa shape index (κ3) is 3.47. The van der Waals surface area contributed by atoms with Crippen LogP contribution in [0.2, 0.25) is 0 Å². The Bertz CT molecular complexity index is 351. The van der Waals surface area contributed by atoms with Gasteiger partial charge in [-0.3, -0.25) is 9.59 Å². The van der Waals surface area contributed by atoms with Gasteiger partial charge in [0.15, 0.2) is 0 Å². The van der Waals surface area contributed by atoms with Gasteiger partial charge >= 0.3 is 0 Å². The number of nitrogens with two attached hydrogens (primary N) is 1. The predicted octanol–water partition coefficient (Wildman–Crippen LogP) is 0.679. The molecule has 2 fully saturated rings. The van der Waals surface area contributed by atoms with Crippen LogP contribution in [0.25, 0.3) is 0 Å². The number of nitrogens with one attached hydrogen (secondary N) is 2. The van der Waals surface area contributed by atoms with Gasteiger partial charge in [0.25, 0.3) is 0 Å². The fourth-order valence-corrected chi connectivity index (χ4v) is 3.17. The minimum atomic E-state index is -0.447.